The van der Waals surface area contributed by atoms with E-state index in [1.807, 2.05) is 19.1 Å². The highest BCUT2D eigenvalue weighted by atomic mass is 79.9. The molecule has 5 nitrogen and oxygen atoms in total. The van der Waals surface area contributed by atoms with Crippen LogP contribution in [0.4, 0.5) is 0 Å². The SMILES string of the molecule is Cc1cc(Br)nc(-c2cnc(C(C)(O)C3CCC(C(=O)O)CC3)s2)c1. The van der Waals surface area contributed by atoms with E-state index >= 15 is 0 Å². The first kappa shape index (κ1) is 18.5. The monoisotopic (exact) mass is 424 g/mol. The van der Waals surface area contributed by atoms with Crippen molar-refractivity contribution < 1.29 is 15.0 Å². The molecule has 3 rings (SSSR count). The zero-order valence-electron chi connectivity index (χ0n) is 14.2. The van der Waals surface area contributed by atoms with Crippen molar-refractivity contribution in [2.75, 3.05) is 0 Å². The Labute approximate surface area is 159 Å². The van der Waals surface area contributed by atoms with Crippen LogP contribution in [0.1, 0.15) is 43.2 Å². The van der Waals surface area contributed by atoms with Crippen molar-refractivity contribution in [2.24, 2.45) is 11.8 Å². The van der Waals surface area contributed by atoms with Gasteiger partial charge in [0.1, 0.15) is 15.2 Å². The molecule has 0 bridgehead atoms. The van der Waals surface area contributed by atoms with Gasteiger partial charge < -0.3 is 10.2 Å². The van der Waals surface area contributed by atoms with Crippen LogP contribution in [0.25, 0.3) is 10.6 Å². The average Bonchev–Trinajstić information content (AvgIpc) is 3.05. The highest BCUT2D eigenvalue weighted by molar-refractivity contribution is 9.10. The Morgan fingerprint density at radius 2 is 2.00 bits per heavy atom. The van der Waals surface area contributed by atoms with E-state index in [0.717, 1.165) is 20.7 Å². The number of aryl methyl sites for hydroxylation is 1. The lowest BCUT2D eigenvalue weighted by atomic mass is 9.74. The fourth-order valence-electron chi connectivity index (χ4n) is 3.45. The third-order valence-electron chi connectivity index (χ3n) is 5.00. The molecular formula is C18H21BrN2O3S. The molecule has 7 heteroatoms. The Hall–Kier alpha value is -1.31. The summed E-state index contributed by atoms with van der Waals surface area (Å²) >= 11 is 4.86. The van der Waals surface area contributed by atoms with E-state index in [1.165, 1.54) is 11.3 Å². The minimum atomic E-state index is -1.05. The van der Waals surface area contributed by atoms with E-state index in [0.29, 0.717) is 30.7 Å². The van der Waals surface area contributed by atoms with Crippen molar-refractivity contribution in [3.63, 3.8) is 0 Å². The summed E-state index contributed by atoms with van der Waals surface area (Å²) in [4.78, 5) is 21.0. The highest BCUT2D eigenvalue weighted by Gasteiger charge is 2.40. The molecule has 1 saturated carbocycles. The fourth-order valence-corrected chi connectivity index (χ4v) is 5.01. The second kappa shape index (κ2) is 7.13. The number of thiazole rings is 1. The van der Waals surface area contributed by atoms with Gasteiger partial charge in [-0.2, -0.15) is 0 Å². The predicted molar refractivity (Wildman–Crippen MR) is 100 cm³/mol. The number of aromatic nitrogens is 2. The van der Waals surface area contributed by atoms with Crippen LogP contribution < -0.4 is 0 Å². The fraction of sp³-hybridized carbons (Fsp3) is 0.500. The zero-order valence-corrected chi connectivity index (χ0v) is 16.6. The molecular weight excluding hydrogens is 404 g/mol. The number of aliphatic hydroxyl groups is 1. The summed E-state index contributed by atoms with van der Waals surface area (Å²) in [6.07, 6.45) is 4.38. The normalized spacial score (nSPS) is 23.2. The number of nitrogens with zero attached hydrogens (tertiary/aromatic N) is 2. The number of rotatable bonds is 4. The Morgan fingerprint density at radius 1 is 1.32 bits per heavy atom. The first-order valence-corrected chi connectivity index (χ1v) is 9.94. The number of aliphatic carboxylic acids is 1. The number of carboxylic acid groups (broad SMARTS) is 1. The zero-order chi connectivity index (χ0) is 18.2. The molecule has 1 aliphatic carbocycles. The maximum atomic E-state index is 11.1. The van der Waals surface area contributed by atoms with Gasteiger partial charge in [-0.3, -0.25) is 4.79 Å². The Bertz CT molecular complexity index is 762. The van der Waals surface area contributed by atoms with E-state index in [2.05, 4.69) is 25.9 Å². The molecule has 134 valence electrons. The minimum absolute atomic E-state index is 0.0271. The third-order valence-corrected chi connectivity index (χ3v) is 6.65. The standard InChI is InChI=1S/C18H21BrN2O3S/c1-10-7-13(21-15(19)8-10)14-9-20-17(25-14)18(2,24)12-5-3-11(4-6-12)16(22)23/h7-9,11-12,24H,3-6H2,1-2H3,(H,22,23). The number of pyridine rings is 1. The Balaban J connectivity index is 1.80. The molecule has 1 unspecified atom stereocenters. The van der Waals surface area contributed by atoms with Crippen LogP contribution in [-0.2, 0) is 10.4 Å². The molecule has 25 heavy (non-hydrogen) atoms. The summed E-state index contributed by atoms with van der Waals surface area (Å²) in [5, 5.41) is 20.9. The van der Waals surface area contributed by atoms with Crippen LogP contribution in [0.15, 0.2) is 22.9 Å². The Kier molecular flexibility index (Phi) is 5.27. The van der Waals surface area contributed by atoms with Crippen molar-refractivity contribution in [2.45, 2.75) is 45.1 Å². The van der Waals surface area contributed by atoms with Gasteiger partial charge in [-0.15, -0.1) is 11.3 Å². The summed E-state index contributed by atoms with van der Waals surface area (Å²) in [7, 11) is 0. The number of carbonyl (C=O) groups is 1. The van der Waals surface area contributed by atoms with Crippen molar-refractivity contribution in [3.8, 4) is 10.6 Å². The summed E-state index contributed by atoms with van der Waals surface area (Å²) in [5.74, 6) is -0.988. The smallest absolute Gasteiger partial charge is 0.306 e. The topological polar surface area (TPSA) is 83.3 Å². The molecule has 0 aliphatic heterocycles. The molecule has 0 radical (unpaired) electrons. The molecule has 0 aromatic carbocycles. The number of hydrogen-bond acceptors (Lipinski definition) is 5. The molecule has 2 aromatic rings. The number of carboxylic acids is 1. The van der Waals surface area contributed by atoms with Gasteiger partial charge in [0.25, 0.3) is 0 Å². The molecule has 2 heterocycles. The maximum absolute atomic E-state index is 11.1. The van der Waals surface area contributed by atoms with Crippen LogP contribution in [0.5, 0.6) is 0 Å². The molecule has 2 N–H and O–H groups in total. The second-order valence-electron chi connectivity index (χ2n) is 6.92. The van der Waals surface area contributed by atoms with Crippen LogP contribution in [0.3, 0.4) is 0 Å². The van der Waals surface area contributed by atoms with Crippen molar-refractivity contribution in [1.82, 2.24) is 9.97 Å². The quantitative estimate of drug-likeness (QED) is 0.711. The number of hydrogen-bond donors (Lipinski definition) is 2. The molecule has 2 aromatic heterocycles. The minimum Gasteiger partial charge on any atom is -0.481 e. The molecule has 0 saturated heterocycles. The van der Waals surface area contributed by atoms with Gasteiger partial charge in [-0.1, -0.05) is 0 Å². The lowest BCUT2D eigenvalue weighted by Gasteiger charge is -2.35. The predicted octanol–water partition coefficient (Wildman–Crippen LogP) is 4.37. The van der Waals surface area contributed by atoms with Crippen molar-refractivity contribution >= 4 is 33.2 Å². The van der Waals surface area contributed by atoms with Crippen molar-refractivity contribution in [1.29, 1.82) is 0 Å². The summed E-state index contributed by atoms with van der Waals surface area (Å²) in [6, 6.07) is 3.94. The van der Waals surface area contributed by atoms with Crippen LogP contribution in [0.2, 0.25) is 0 Å². The van der Waals surface area contributed by atoms with E-state index in [1.54, 1.807) is 13.1 Å². The lowest BCUT2D eigenvalue weighted by molar-refractivity contribution is -0.144. The van der Waals surface area contributed by atoms with Crippen molar-refractivity contribution in [3.05, 3.63) is 33.5 Å². The molecule has 1 atom stereocenters. The largest absolute Gasteiger partial charge is 0.481 e. The Morgan fingerprint density at radius 3 is 2.60 bits per heavy atom. The van der Waals surface area contributed by atoms with Crippen LogP contribution in [0, 0.1) is 18.8 Å². The molecule has 0 amide bonds. The molecule has 1 aliphatic rings. The van der Waals surface area contributed by atoms with Gasteiger partial charge in [-0.05, 0) is 79.1 Å². The van der Waals surface area contributed by atoms with Gasteiger partial charge in [0, 0.05) is 6.20 Å². The first-order valence-electron chi connectivity index (χ1n) is 8.33. The summed E-state index contributed by atoms with van der Waals surface area (Å²) in [6.45, 7) is 3.80. The van der Waals surface area contributed by atoms with E-state index in [4.69, 9.17) is 5.11 Å². The summed E-state index contributed by atoms with van der Waals surface area (Å²) in [5.41, 5.74) is 0.888. The van der Waals surface area contributed by atoms with Gasteiger partial charge in [0.15, 0.2) is 0 Å². The van der Waals surface area contributed by atoms with Crippen LogP contribution >= 0.6 is 27.3 Å². The average molecular weight is 425 g/mol. The maximum Gasteiger partial charge on any atom is 0.306 e. The summed E-state index contributed by atoms with van der Waals surface area (Å²) < 4.78 is 0.774. The lowest BCUT2D eigenvalue weighted by Crippen LogP contribution is -2.35. The highest BCUT2D eigenvalue weighted by Crippen LogP contribution is 2.43. The van der Waals surface area contributed by atoms with E-state index < -0.39 is 11.6 Å². The van der Waals surface area contributed by atoms with Gasteiger partial charge in [0.05, 0.1) is 16.5 Å². The van der Waals surface area contributed by atoms with Gasteiger partial charge >= 0.3 is 5.97 Å². The van der Waals surface area contributed by atoms with E-state index in [-0.39, 0.29) is 11.8 Å². The first-order chi connectivity index (χ1) is 11.8. The third kappa shape index (κ3) is 3.93. The second-order valence-corrected chi connectivity index (χ2v) is 8.76. The number of halogens is 1. The molecule has 0 spiro atoms. The van der Waals surface area contributed by atoms with Gasteiger partial charge in [-0.25, -0.2) is 9.97 Å². The van der Waals surface area contributed by atoms with Gasteiger partial charge in [0.2, 0.25) is 0 Å². The van der Waals surface area contributed by atoms with Crippen LogP contribution in [-0.4, -0.2) is 26.2 Å². The van der Waals surface area contributed by atoms with E-state index in [9.17, 15) is 9.90 Å². The molecule has 1 fully saturated rings.